The van der Waals surface area contributed by atoms with Gasteiger partial charge in [-0.2, -0.15) is 0 Å². The molecule has 12 rings (SSSR count). The van der Waals surface area contributed by atoms with Gasteiger partial charge in [0.1, 0.15) is 52.8 Å². The molecule has 8 heterocycles. The number of benzene rings is 2. The average molecular weight is 1100 g/mol. The summed E-state index contributed by atoms with van der Waals surface area (Å²) in [5.74, 6) is -1.49. The number of carbonyl (C=O) groups excluding carboxylic acids is 1. The molecule has 0 spiro atoms. The Hall–Kier alpha value is -4.12. The van der Waals surface area contributed by atoms with Gasteiger partial charge in [0.2, 0.25) is 5.43 Å². The minimum absolute atomic E-state index is 0.0572. The van der Waals surface area contributed by atoms with Gasteiger partial charge in [-0.05, 0) is 52.2 Å². The fourth-order valence-corrected chi connectivity index (χ4v) is 13.6. The maximum Gasteiger partial charge on any atom is 0.260 e. The molecule has 0 unspecified atom stereocenters. The van der Waals surface area contributed by atoms with Crippen LogP contribution in [0.25, 0.3) is 22.1 Å². The zero-order valence-electron chi connectivity index (χ0n) is 44.9. The first-order chi connectivity index (χ1) is 37.4. The molecule has 7 aliphatic heterocycles. The highest BCUT2D eigenvalue weighted by atomic mass is 16.8. The van der Waals surface area contributed by atoms with Gasteiger partial charge in [0.15, 0.2) is 43.3 Å². The molecule has 9 aliphatic rings. The summed E-state index contributed by atoms with van der Waals surface area (Å²) in [7, 11) is 4.78. The van der Waals surface area contributed by atoms with Crippen molar-refractivity contribution in [2.24, 2.45) is 0 Å². The number of aliphatic hydroxyl groups excluding tert-OH is 3. The summed E-state index contributed by atoms with van der Waals surface area (Å²) in [6.07, 6.45) is -10.7. The first-order valence-corrected chi connectivity index (χ1v) is 27.2. The Morgan fingerprint density at radius 1 is 0.667 bits per heavy atom. The van der Waals surface area contributed by atoms with Crippen molar-refractivity contribution >= 4 is 16.9 Å². The summed E-state index contributed by atoms with van der Waals surface area (Å²) in [6, 6.07) is 1.83. The molecule has 23 heteroatoms. The fraction of sp³-hybridized carbons (Fsp3) is 0.709. The minimum atomic E-state index is -1.55. The maximum atomic E-state index is 14.6. The van der Waals surface area contributed by atoms with Crippen molar-refractivity contribution in [3.05, 3.63) is 49.9 Å². The van der Waals surface area contributed by atoms with Crippen LogP contribution in [0.1, 0.15) is 130 Å². The normalized spacial score (nSPS) is 40.2. The molecule has 2 aliphatic carbocycles. The molecule has 20 atom stereocenters. The zero-order valence-corrected chi connectivity index (χ0v) is 44.9. The van der Waals surface area contributed by atoms with Crippen LogP contribution in [-0.4, -0.2) is 182 Å². The number of fused-ring (bicyclic) bond motifs is 7. The molecule has 0 bridgehead atoms. The smallest absolute Gasteiger partial charge is 0.260 e. The minimum Gasteiger partial charge on any atom is -0.506 e. The summed E-state index contributed by atoms with van der Waals surface area (Å²) in [5.41, 5.74) is -0.291. The van der Waals surface area contributed by atoms with E-state index in [1.807, 2.05) is 33.8 Å². The molecule has 1 aromatic heterocycles. The topological polar surface area (TPSA) is 281 Å². The van der Waals surface area contributed by atoms with Crippen molar-refractivity contribution in [2.45, 2.75) is 208 Å². The number of carbonyl (C=O) groups is 1. The van der Waals surface area contributed by atoms with Gasteiger partial charge in [0, 0.05) is 89.5 Å². The Balaban J connectivity index is 0.700. The van der Waals surface area contributed by atoms with Crippen LogP contribution in [-0.2, 0) is 74.4 Å². The van der Waals surface area contributed by atoms with Crippen LogP contribution in [0.15, 0.2) is 15.3 Å². The summed E-state index contributed by atoms with van der Waals surface area (Å²) < 4.78 is 92.6. The van der Waals surface area contributed by atoms with Gasteiger partial charge in [0.25, 0.3) is 5.91 Å². The Kier molecular flexibility index (Phi) is 14.7. The third kappa shape index (κ3) is 9.13. The lowest BCUT2D eigenvalue weighted by Gasteiger charge is -2.46. The molecular formula is C55H71NO22. The van der Waals surface area contributed by atoms with Crippen LogP contribution >= 0.6 is 0 Å². The lowest BCUT2D eigenvalue weighted by molar-refractivity contribution is -0.342. The van der Waals surface area contributed by atoms with Crippen molar-refractivity contribution in [1.29, 1.82) is 0 Å². The lowest BCUT2D eigenvalue weighted by atomic mass is 9.77. The summed E-state index contributed by atoms with van der Waals surface area (Å²) in [5, 5.41) is 57.9. The maximum absolute atomic E-state index is 14.6. The monoisotopic (exact) mass is 1100 g/mol. The third-order valence-electron chi connectivity index (χ3n) is 17.6. The van der Waals surface area contributed by atoms with Crippen molar-refractivity contribution in [3.63, 3.8) is 0 Å². The Morgan fingerprint density at radius 2 is 1.29 bits per heavy atom. The molecule has 428 valence electrons. The Labute approximate surface area is 449 Å². The Bertz CT molecular complexity index is 2850. The molecule has 2 aromatic carbocycles. The molecule has 0 radical (unpaired) electrons. The van der Waals surface area contributed by atoms with E-state index in [0.717, 1.165) is 0 Å². The van der Waals surface area contributed by atoms with E-state index < -0.39 is 140 Å². The molecule has 1 amide bonds. The predicted octanol–water partition coefficient (Wildman–Crippen LogP) is 3.93. The molecular weight excluding hydrogens is 1030 g/mol. The van der Waals surface area contributed by atoms with Crippen LogP contribution in [0.4, 0.5) is 0 Å². The number of phenolic OH excluding ortho intramolecular Hbond substituents is 2. The SMILES string of the molecule is CO[C@H]1C[C@H](O[C@@H]2[C@H](C)O[C@H](O[C@@H]3[C@H](C)O[C@@H](O[C@H]4CC[C@@H](O[C@@H]5C[C@H](O)c6c(oc7c8c9c(c(O)c7c6=O)-c6c(cc7c(c6O)C(=O)N6CCO[C@]6(C)C7)C[C@H]9OCO8)[C@@H]5O)O[C@@H]4C)C[C@H]3OC)C[C@@H]2OC)O[C@H](C)[C@@H]1O. The lowest BCUT2D eigenvalue weighted by Crippen LogP contribution is -2.57. The number of nitrogens with zero attached hydrogens (tertiary/aromatic N) is 1. The van der Waals surface area contributed by atoms with Gasteiger partial charge in [0.05, 0.1) is 84.9 Å². The van der Waals surface area contributed by atoms with Crippen LogP contribution < -0.4 is 10.2 Å². The number of ether oxygens (including phenoxy) is 14. The molecule has 5 N–H and O–H groups in total. The Morgan fingerprint density at radius 3 is 1.96 bits per heavy atom. The second-order valence-electron chi connectivity index (χ2n) is 22.4. The highest BCUT2D eigenvalue weighted by Gasteiger charge is 2.51. The number of rotatable bonds is 11. The average Bonchev–Trinajstić information content (AvgIpc) is 3.71. The second kappa shape index (κ2) is 21.0. The number of aliphatic hydroxyl groups is 3. The number of hydrogen-bond donors (Lipinski definition) is 5. The molecule has 3 aromatic rings. The molecule has 5 fully saturated rings. The third-order valence-corrected chi connectivity index (χ3v) is 17.6. The van der Waals surface area contributed by atoms with Gasteiger partial charge in [-0.1, -0.05) is 6.07 Å². The second-order valence-corrected chi connectivity index (χ2v) is 22.4. The molecule has 0 saturated carbocycles. The van der Waals surface area contributed by atoms with E-state index in [0.29, 0.717) is 68.4 Å². The number of amides is 1. The fourth-order valence-electron chi connectivity index (χ4n) is 13.6. The first-order valence-electron chi connectivity index (χ1n) is 27.2. The van der Waals surface area contributed by atoms with Crippen LogP contribution in [0.5, 0.6) is 17.2 Å². The van der Waals surface area contributed by atoms with Crippen molar-refractivity contribution in [3.8, 4) is 28.4 Å². The summed E-state index contributed by atoms with van der Waals surface area (Å²) in [6.45, 7) is 9.71. The first kappa shape index (κ1) is 54.5. The van der Waals surface area contributed by atoms with E-state index in [9.17, 15) is 35.1 Å². The quantitative estimate of drug-likeness (QED) is 0.182. The van der Waals surface area contributed by atoms with E-state index >= 15 is 0 Å². The number of phenols is 2. The van der Waals surface area contributed by atoms with Gasteiger partial charge in [-0.15, -0.1) is 0 Å². The highest BCUT2D eigenvalue weighted by molar-refractivity contribution is 6.06. The van der Waals surface area contributed by atoms with E-state index in [2.05, 4.69) is 0 Å². The van der Waals surface area contributed by atoms with Crippen molar-refractivity contribution in [1.82, 2.24) is 4.90 Å². The number of aromatic hydroxyl groups is 2. The van der Waals surface area contributed by atoms with Gasteiger partial charge >= 0.3 is 0 Å². The van der Waals surface area contributed by atoms with E-state index in [1.54, 1.807) is 33.2 Å². The summed E-state index contributed by atoms with van der Waals surface area (Å²) in [4.78, 5) is 30.2. The highest BCUT2D eigenvalue weighted by Crippen LogP contribution is 2.58. The van der Waals surface area contributed by atoms with E-state index in [1.165, 1.54) is 0 Å². The molecule has 5 saturated heterocycles. The van der Waals surface area contributed by atoms with E-state index in [-0.39, 0.29) is 70.1 Å². The van der Waals surface area contributed by atoms with Crippen molar-refractivity contribution in [2.75, 3.05) is 41.3 Å². The van der Waals surface area contributed by atoms with Crippen LogP contribution in [0.3, 0.4) is 0 Å². The van der Waals surface area contributed by atoms with Gasteiger partial charge < -0.3 is 101 Å². The summed E-state index contributed by atoms with van der Waals surface area (Å²) >= 11 is 0. The number of methoxy groups -OCH3 is 3. The van der Waals surface area contributed by atoms with Crippen molar-refractivity contribution < 1.29 is 101 Å². The van der Waals surface area contributed by atoms with Crippen LogP contribution in [0.2, 0.25) is 0 Å². The standard InChI is InChI=1S/C55H71NO22/c1-21-28(74-35-17-32(65-7)49(23(3)72-35)77-37-18-33(66-8)50(24(4)73-37)76-36-16-30(64-6)44(58)22(2)71-36)9-10-34(70-21)75-31-15-27(57)40-47(61)43-48(62)42-38-25(13-26-19-55(5)56(11-12-69-55)54(63)39(26)46(38)60)14-29-41(42)52(68-20-67-29)53(43)78-51(40)45(31)59/h13,21-24,27-37,44-45,49-50,57-60,62H,9-12,14-20H2,1-8H3/t21-,22-,23+,24+,27+,28+,29-,30+,31-,32-,33+,34-,35+,36+,37-,44+,45-,49-,50-,55-/m1/s1. The largest absolute Gasteiger partial charge is 0.506 e. The molecule has 23 nitrogen and oxygen atoms in total. The number of hydrogen-bond acceptors (Lipinski definition) is 22. The van der Waals surface area contributed by atoms with Gasteiger partial charge in [-0.25, -0.2) is 0 Å². The predicted molar refractivity (Wildman–Crippen MR) is 266 cm³/mol. The van der Waals surface area contributed by atoms with Gasteiger partial charge in [-0.3, -0.25) is 9.59 Å². The van der Waals surface area contributed by atoms with E-state index in [4.69, 9.17) is 70.7 Å². The molecule has 78 heavy (non-hydrogen) atoms. The zero-order chi connectivity index (χ0) is 54.8. The van der Waals surface area contributed by atoms with Crippen LogP contribution in [0, 0.1) is 0 Å².